The summed E-state index contributed by atoms with van der Waals surface area (Å²) in [5.74, 6) is 0.261. The Balaban J connectivity index is 2.40. The van der Waals surface area contributed by atoms with Crippen LogP contribution in [0.25, 0.3) is 0 Å². The number of aromatic nitrogens is 2. The fourth-order valence-corrected chi connectivity index (χ4v) is 1.95. The van der Waals surface area contributed by atoms with Gasteiger partial charge in [0.15, 0.2) is 5.16 Å². The average Bonchev–Trinajstić information content (AvgIpc) is 2.10. The van der Waals surface area contributed by atoms with Gasteiger partial charge in [0.1, 0.15) is 16.9 Å². The molecule has 1 aromatic rings. The van der Waals surface area contributed by atoms with Crippen LogP contribution in [0.2, 0.25) is 10.3 Å². The molecule has 0 aliphatic rings. The first-order valence-corrected chi connectivity index (χ1v) is 5.78. The van der Waals surface area contributed by atoms with E-state index < -0.39 is 0 Å². The molecule has 1 rings (SSSR count). The van der Waals surface area contributed by atoms with Gasteiger partial charge in [-0.05, 0) is 0 Å². The molecule has 0 spiro atoms. The van der Waals surface area contributed by atoms with Gasteiger partial charge in [0.25, 0.3) is 0 Å². The number of hydrogen-bond acceptors (Lipinski definition) is 5. The fourth-order valence-electron chi connectivity index (χ4n) is 0.753. The lowest BCUT2D eigenvalue weighted by atomic mass is 10.7. The molecule has 0 aliphatic carbocycles. The Kier molecular flexibility index (Phi) is 5.14. The molecule has 0 unspecified atom stereocenters. The third kappa shape index (κ3) is 5.20. The predicted octanol–water partition coefficient (Wildman–Crippen LogP) is 2.44. The van der Waals surface area contributed by atoms with Crippen molar-refractivity contribution in [2.75, 3.05) is 12.4 Å². The van der Waals surface area contributed by atoms with Crippen LogP contribution in [0.5, 0.6) is 0 Å². The Morgan fingerprint density at radius 1 is 1.47 bits per heavy atom. The molecule has 15 heavy (non-hydrogen) atoms. The van der Waals surface area contributed by atoms with E-state index in [0.717, 1.165) is 0 Å². The molecule has 1 heterocycles. The van der Waals surface area contributed by atoms with E-state index in [1.807, 2.05) is 0 Å². The first-order chi connectivity index (χ1) is 7.08. The van der Waals surface area contributed by atoms with Crippen LogP contribution in [-0.4, -0.2) is 28.3 Å². The monoisotopic (exact) mass is 266 g/mol. The van der Waals surface area contributed by atoms with Crippen LogP contribution in [0, 0.1) is 0 Å². The van der Waals surface area contributed by atoms with Gasteiger partial charge in [0.2, 0.25) is 0 Å². The summed E-state index contributed by atoms with van der Waals surface area (Å²) in [6, 6.07) is 1.46. The van der Waals surface area contributed by atoms with Gasteiger partial charge in [-0.3, -0.25) is 4.79 Å². The zero-order chi connectivity index (χ0) is 11.3. The van der Waals surface area contributed by atoms with E-state index in [9.17, 15) is 4.79 Å². The lowest BCUT2D eigenvalue weighted by molar-refractivity contribution is -0.140. The summed E-state index contributed by atoms with van der Waals surface area (Å²) in [7, 11) is 0. The molecule has 82 valence electrons. The van der Waals surface area contributed by atoms with Crippen molar-refractivity contribution in [3.8, 4) is 0 Å². The van der Waals surface area contributed by atoms with Crippen LogP contribution in [0.4, 0.5) is 0 Å². The molecule has 0 amide bonds. The van der Waals surface area contributed by atoms with Crippen LogP contribution in [0.15, 0.2) is 11.2 Å². The number of ether oxygens (including phenoxy) is 1. The van der Waals surface area contributed by atoms with E-state index in [4.69, 9.17) is 27.9 Å². The van der Waals surface area contributed by atoms with Gasteiger partial charge in [0.05, 0.1) is 0 Å². The summed E-state index contributed by atoms with van der Waals surface area (Å²) in [5.41, 5.74) is 0. The summed E-state index contributed by atoms with van der Waals surface area (Å²) in [5, 5.41) is 1.06. The highest BCUT2D eigenvalue weighted by Gasteiger charge is 2.02. The summed E-state index contributed by atoms with van der Waals surface area (Å²) >= 11 is 12.7. The van der Waals surface area contributed by atoms with Crippen molar-refractivity contribution in [2.24, 2.45) is 0 Å². The number of thioether (sulfide) groups is 1. The summed E-state index contributed by atoms with van der Waals surface area (Å²) < 4.78 is 4.74. The number of carbonyl (C=O) groups excluding carboxylic acids is 1. The van der Waals surface area contributed by atoms with Gasteiger partial charge in [0, 0.05) is 18.7 Å². The van der Waals surface area contributed by atoms with E-state index in [-0.39, 0.29) is 5.97 Å². The van der Waals surface area contributed by atoms with Crippen LogP contribution >= 0.6 is 35.0 Å². The summed E-state index contributed by atoms with van der Waals surface area (Å²) in [6.45, 7) is 1.67. The Labute approximate surface area is 101 Å². The molecule has 0 aromatic carbocycles. The largest absolute Gasteiger partial charge is 0.465 e. The maximum absolute atomic E-state index is 10.5. The topological polar surface area (TPSA) is 52.1 Å². The molecule has 0 fully saturated rings. The Morgan fingerprint density at radius 2 is 2.07 bits per heavy atom. The molecule has 7 heteroatoms. The quantitative estimate of drug-likeness (QED) is 0.276. The van der Waals surface area contributed by atoms with Crippen molar-refractivity contribution in [2.45, 2.75) is 12.1 Å². The number of hydrogen-bond donors (Lipinski definition) is 0. The van der Waals surface area contributed by atoms with Crippen molar-refractivity contribution in [1.82, 2.24) is 9.97 Å². The number of nitrogens with zero attached hydrogens (tertiary/aromatic N) is 2. The zero-order valence-corrected chi connectivity index (χ0v) is 10.2. The molecule has 0 aliphatic heterocycles. The van der Waals surface area contributed by atoms with Crippen LogP contribution in [0.1, 0.15) is 6.92 Å². The second-order valence-electron chi connectivity index (χ2n) is 2.48. The van der Waals surface area contributed by atoms with Crippen molar-refractivity contribution >= 4 is 40.9 Å². The van der Waals surface area contributed by atoms with Crippen LogP contribution in [0.3, 0.4) is 0 Å². The lowest BCUT2D eigenvalue weighted by Crippen LogP contribution is -2.02. The van der Waals surface area contributed by atoms with Gasteiger partial charge >= 0.3 is 5.97 Å². The number of halogens is 2. The fraction of sp³-hybridized carbons (Fsp3) is 0.375. The van der Waals surface area contributed by atoms with Gasteiger partial charge in [-0.2, -0.15) is 0 Å². The summed E-state index contributed by atoms with van der Waals surface area (Å²) in [6.07, 6.45) is 0. The van der Waals surface area contributed by atoms with Gasteiger partial charge in [-0.1, -0.05) is 35.0 Å². The highest BCUT2D eigenvalue weighted by atomic mass is 35.5. The highest BCUT2D eigenvalue weighted by molar-refractivity contribution is 7.99. The third-order valence-corrected chi connectivity index (χ3v) is 2.46. The maximum atomic E-state index is 10.5. The van der Waals surface area contributed by atoms with E-state index in [2.05, 4.69) is 9.97 Å². The normalized spacial score (nSPS) is 10.1. The molecular formula is C8H8Cl2N2O2S. The molecular weight excluding hydrogens is 259 g/mol. The highest BCUT2D eigenvalue weighted by Crippen LogP contribution is 2.18. The Bertz CT molecular complexity index is 342. The van der Waals surface area contributed by atoms with E-state index in [0.29, 0.717) is 27.8 Å². The van der Waals surface area contributed by atoms with E-state index in [1.54, 1.807) is 0 Å². The van der Waals surface area contributed by atoms with Gasteiger partial charge < -0.3 is 4.74 Å². The minimum absolute atomic E-state index is 0.296. The Hall–Kier alpha value is -0.520. The minimum Gasteiger partial charge on any atom is -0.465 e. The number of esters is 1. The maximum Gasteiger partial charge on any atom is 0.302 e. The smallest absolute Gasteiger partial charge is 0.302 e. The third-order valence-electron chi connectivity index (χ3n) is 1.26. The zero-order valence-electron chi connectivity index (χ0n) is 7.87. The van der Waals surface area contributed by atoms with Crippen molar-refractivity contribution in [1.29, 1.82) is 0 Å². The van der Waals surface area contributed by atoms with Crippen molar-refractivity contribution < 1.29 is 9.53 Å². The van der Waals surface area contributed by atoms with Crippen LogP contribution < -0.4 is 0 Å². The lowest BCUT2D eigenvalue weighted by Gasteiger charge is -2.01. The number of rotatable bonds is 4. The molecule has 0 radical (unpaired) electrons. The molecule has 0 saturated heterocycles. The van der Waals surface area contributed by atoms with Crippen LogP contribution in [-0.2, 0) is 9.53 Å². The standard InChI is InChI=1S/C8H8Cl2N2O2S/c1-5(13)14-2-3-15-8-11-6(9)4-7(10)12-8/h4H,2-3H2,1H3. The van der Waals surface area contributed by atoms with Gasteiger partial charge in [-0.15, -0.1) is 0 Å². The molecule has 0 bridgehead atoms. The predicted molar refractivity (Wildman–Crippen MR) is 59.4 cm³/mol. The van der Waals surface area contributed by atoms with Crippen molar-refractivity contribution in [3.63, 3.8) is 0 Å². The molecule has 1 aromatic heterocycles. The van der Waals surface area contributed by atoms with E-state index in [1.165, 1.54) is 24.8 Å². The minimum atomic E-state index is -0.305. The van der Waals surface area contributed by atoms with Crippen molar-refractivity contribution in [3.05, 3.63) is 16.4 Å². The first kappa shape index (κ1) is 12.5. The molecule has 0 atom stereocenters. The Morgan fingerprint density at radius 3 is 2.60 bits per heavy atom. The molecule has 4 nitrogen and oxygen atoms in total. The van der Waals surface area contributed by atoms with Gasteiger partial charge in [-0.25, -0.2) is 9.97 Å². The average molecular weight is 267 g/mol. The van der Waals surface area contributed by atoms with E-state index >= 15 is 0 Å². The second-order valence-corrected chi connectivity index (χ2v) is 4.32. The second kappa shape index (κ2) is 6.15. The summed E-state index contributed by atoms with van der Waals surface area (Å²) in [4.78, 5) is 18.3. The SMILES string of the molecule is CC(=O)OCCSc1nc(Cl)cc(Cl)n1. The molecule has 0 saturated carbocycles. The number of carbonyl (C=O) groups is 1. The first-order valence-electron chi connectivity index (χ1n) is 4.04. The molecule has 0 N–H and O–H groups in total.